The minimum atomic E-state index is -0.660. The number of fused-ring (bicyclic) bond motifs is 1. The van der Waals surface area contributed by atoms with Crippen LogP contribution in [0.1, 0.15) is 35.5 Å². The van der Waals surface area contributed by atoms with E-state index < -0.39 is 12.0 Å². The lowest BCUT2D eigenvalue weighted by molar-refractivity contribution is 0.0845. The molecule has 0 saturated carbocycles. The van der Waals surface area contributed by atoms with E-state index >= 15 is 0 Å². The normalized spacial score (nSPS) is 11.9. The molecule has 8 heteroatoms. The summed E-state index contributed by atoms with van der Waals surface area (Å²) in [6.45, 7) is 6.35. The monoisotopic (exact) mass is 440 g/mol. The number of halogens is 1. The molecule has 0 aliphatic heterocycles. The van der Waals surface area contributed by atoms with E-state index in [1.165, 1.54) is 6.26 Å². The highest BCUT2D eigenvalue weighted by molar-refractivity contribution is 6.31. The number of amides is 1. The van der Waals surface area contributed by atoms with Gasteiger partial charge in [0.15, 0.2) is 5.76 Å². The fourth-order valence-electron chi connectivity index (χ4n) is 3.13. The highest BCUT2D eigenvalue weighted by atomic mass is 35.5. The Hall–Kier alpha value is -3.05. The van der Waals surface area contributed by atoms with Crippen LogP contribution in [0.25, 0.3) is 10.8 Å². The summed E-state index contributed by atoms with van der Waals surface area (Å²) < 4.78 is 5.33. The number of hydrogen-bond donors (Lipinski definition) is 3. The zero-order valence-electron chi connectivity index (χ0n) is 17.5. The predicted molar refractivity (Wildman–Crippen MR) is 122 cm³/mol. The van der Waals surface area contributed by atoms with Gasteiger partial charge in [-0.3, -0.25) is 4.79 Å². The SMILES string of the molecule is CCN(CC)CC(O)CNC(=O)c1cc(C#Cc2c(N)ncc3ccc(Cl)cc23)co1. The van der Waals surface area contributed by atoms with E-state index in [-0.39, 0.29) is 12.3 Å². The van der Waals surface area contributed by atoms with Gasteiger partial charge in [-0.15, -0.1) is 0 Å². The molecule has 31 heavy (non-hydrogen) atoms. The van der Waals surface area contributed by atoms with E-state index in [0.717, 1.165) is 23.9 Å². The van der Waals surface area contributed by atoms with Gasteiger partial charge in [-0.2, -0.15) is 0 Å². The van der Waals surface area contributed by atoms with Crippen molar-refractivity contribution in [1.29, 1.82) is 0 Å². The molecular formula is C23H25ClN4O3. The number of nitrogens with two attached hydrogens (primary N) is 1. The number of hydrogen-bond acceptors (Lipinski definition) is 6. The number of anilines is 1. The van der Waals surface area contributed by atoms with Gasteiger partial charge in [0.1, 0.15) is 12.1 Å². The molecule has 1 atom stereocenters. The van der Waals surface area contributed by atoms with Gasteiger partial charge in [0, 0.05) is 41.1 Å². The van der Waals surface area contributed by atoms with Gasteiger partial charge in [-0.05, 0) is 25.2 Å². The van der Waals surface area contributed by atoms with Crippen molar-refractivity contribution in [2.45, 2.75) is 20.0 Å². The number of rotatable bonds is 7. The molecule has 0 radical (unpaired) electrons. The number of furan rings is 1. The van der Waals surface area contributed by atoms with Gasteiger partial charge in [0.25, 0.3) is 5.91 Å². The van der Waals surface area contributed by atoms with Crippen LogP contribution < -0.4 is 11.1 Å². The molecule has 162 valence electrons. The summed E-state index contributed by atoms with van der Waals surface area (Å²) in [7, 11) is 0. The maximum absolute atomic E-state index is 12.3. The minimum Gasteiger partial charge on any atom is -0.458 e. The van der Waals surface area contributed by atoms with E-state index in [2.05, 4.69) is 27.0 Å². The Bertz CT molecular complexity index is 1120. The average molecular weight is 441 g/mol. The van der Waals surface area contributed by atoms with Crippen molar-refractivity contribution < 1.29 is 14.3 Å². The number of carbonyl (C=O) groups excluding carboxylic acids is 1. The van der Waals surface area contributed by atoms with Crippen LogP contribution >= 0.6 is 11.6 Å². The van der Waals surface area contributed by atoms with Gasteiger partial charge in [0.05, 0.1) is 17.2 Å². The van der Waals surface area contributed by atoms with Gasteiger partial charge in [0.2, 0.25) is 0 Å². The first-order valence-electron chi connectivity index (χ1n) is 10.0. The summed E-state index contributed by atoms with van der Waals surface area (Å²) in [6, 6.07) is 6.96. The first-order chi connectivity index (χ1) is 14.9. The molecule has 3 aromatic rings. The predicted octanol–water partition coefficient (Wildman–Crippen LogP) is 2.90. The Labute approximate surface area is 186 Å². The van der Waals surface area contributed by atoms with Crippen LogP contribution in [0.4, 0.5) is 5.82 Å². The quantitative estimate of drug-likeness (QED) is 0.488. The molecule has 1 unspecified atom stereocenters. The fourth-order valence-corrected chi connectivity index (χ4v) is 3.30. The zero-order valence-corrected chi connectivity index (χ0v) is 18.2. The summed E-state index contributed by atoms with van der Waals surface area (Å²) in [5.41, 5.74) is 7.09. The highest BCUT2D eigenvalue weighted by Crippen LogP contribution is 2.25. The Morgan fingerprint density at radius 3 is 2.84 bits per heavy atom. The highest BCUT2D eigenvalue weighted by Gasteiger charge is 2.14. The number of aliphatic hydroxyl groups excluding tert-OH is 1. The number of likely N-dealkylation sites (N-methyl/N-ethyl adjacent to an activating group) is 1. The molecule has 0 bridgehead atoms. The van der Waals surface area contributed by atoms with Crippen LogP contribution in [0.5, 0.6) is 0 Å². The lowest BCUT2D eigenvalue weighted by atomic mass is 10.1. The van der Waals surface area contributed by atoms with Crippen molar-refractivity contribution in [3.05, 3.63) is 58.6 Å². The molecule has 0 fully saturated rings. The van der Waals surface area contributed by atoms with Crippen molar-refractivity contribution in [2.75, 3.05) is 31.9 Å². The fraction of sp³-hybridized carbons (Fsp3) is 0.304. The Balaban J connectivity index is 1.70. The number of pyridine rings is 1. The van der Waals surface area contributed by atoms with Gasteiger partial charge in [-0.25, -0.2) is 4.98 Å². The second kappa shape index (κ2) is 10.3. The smallest absolute Gasteiger partial charge is 0.287 e. The van der Waals surface area contributed by atoms with Crippen molar-refractivity contribution in [3.8, 4) is 11.8 Å². The number of nitrogens with zero attached hydrogens (tertiary/aromatic N) is 2. The second-order valence-electron chi connectivity index (χ2n) is 7.05. The molecule has 2 aromatic heterocycles. The molecule has 0 spiro atoms. The number of aromatic nitrogens is 1. The maximum Gasteiger partial charge on any atom is 0.287 e. The summed E-state index contributed by atoms with van der Waals surface area (Å²) in [4.78, 5) is 18.6. The Morgan fingerprint density at radius 1 is 1.32 bits per heavy atom. The molecule has 1 aromatic carbocycles. The van der Waals surface area contributed by atoms with Crippen LogP contribution in [-0.2, 0) is 0 Å². The molecule has 0 saturated heterocycles. The number of carbonyl (C=O) groups is 1. The van der Waals surface area contributed by atoms with E-state index in [0.29, 0.717) is 28.5 Å². The lowest BCUT2D eigenvalue weighted by Gasteiger charge is -2.21. The Kier molecular flexibility index (Phi) is 7.53. The van der Waals surface area contributed by atoms with Crippen molar-refractivity contribution in [1.82, 2.24) is 15.2 Å². The third-order valence-electron chi connectivity index (χ3n) is 4.90. The third-order valence-corrected chi connectivity index (χ3v) is 5.14. The minimum absolute atomic E-state index is 0.117. The maximum atomic E-state index is 12.3. The van der Waals surface area contributed by atoms with Crippen LogP contribution in [0.3, 0.4) is 0 Å². The van der Waals surface area contributed by atoms with E-state index in [1.54, 1.807) is 24.4 Å². The van der Waals surface area contributed by atoms with Crippen LogP contribution in [0.2, 0.25) is 5.02 Å². The van der Waals surface area contributed by atoms with Crippen molar-refractivity contribution >= 4 is 34.1 Å². The lowest BCUT2D eigenvalue weighted by Crippen LogP contribution is -2.40. The molecule has 7 nitrogen and oxygen atoms in total. The van der Waals surface area contributed by atoms with Crippen LogP contribution in [0.15, 0.2) is 41.1 Å². The zero-order chi connectivity index (χ0) is 22.4. The molecule has 2 heterocycles. The Morgan fingerprint density at radius 2 is 2.10 bits per heavy atom. The second-order valence-corrected chi connectivity index (χ2v) is 7.49. The van der Waals surface area contributed by atoms with Gasteiger partial charge >= 0.3 is 0 Å². The van der Waals surface area contributed by atoms with Crippen molar-refractivity contribution in [2.24, 2.45) is 0 Å². The van der Waals surface area contributed by atoms with E-state index in [1.807, 2.05) is 19.9 Å². The molecule has 0 aliphatic carbocycles. The van der Waals surface area contributed by atoms with Crippen LogP contribution in [0, 0.1) is 11.8 Å². The molecular weight excluding hydrogens is 416 g/mol. The number of nitrogens with one attached hydrogen (secondary N) is 1. The summed E-state index contributed by atoms with van der Waals surface area (Å²) >= 11 is 6.11. The standard InChI is InChI=1S/C23H25ClN4O3/c1-3-28(4-2)13-18(29)12-27-23(30)21-9-15(14-31-21)5-8-19-20-10-17(24)7-6-16(20)11-26-22(19)25/h6-7,9-11,14,18,29H,3-4,12-13H2,1-2H3,(H2,25,26)(H,27,30). The summed E-state index contributed by atoms with van der Waals surface area (Å²) in [6.07, 6.45) is 2.41. The molecule has 4 N–H and O–H groups in total. The first-order valence-corrected chi connectivity index (χ1v) is 10.4. The number of benzene rings is 1. The molecule has 0 aliphatic rings. The van der Waals surface area contributed by atoms with E-state index in [9.17, 15) is 9.90 Å². The molecule has 3 rings (SSSR count). The summed E-state index contributed by atoms with van der Waals surface area (Å²) in [5.74, 6) is 5.96. The van der Waals surface area contributed by atoms with Gasteiger partial charge in [-0.1, -0.05) is 43.4 Å². The molecule has 1 amide bonds. The largest absolute Gasteiger partial charge is 0.458 e. The number of aliphatic hydroxyl groups is 1. The summed E-state index contributed by atoms with van der Waals surface area (Å²) in [5, 5.41) is 15.0. The van der Waals surface area contributed by atoms with Gasteiger partial charge < -0.3 is 25.5 Å². The van der Waals surface area contributed by atoms with E-state index in [4.69, 9.17) is 21.8 Å². The first kappa shape index (κ1) is 22.6. The average Bonchev–Trinajstić information content (AvgIpc) is 3.24. The van der Waals surface area contributed by atoms with Crippen molar-refractivity contribution in [3.63, 3.8) is 0 Å². The van der Waals surface area contributed by atoms with Crippen LogP contribution in [-0.4, -0.2) is 53.2 Å². The number of nitrogen functional groups attached to an aromatic ring is 1. The topological polar surface area (TPSA) is 105 Å². The third kappa shape index (κ3) is 5.76.